The summed E-state index contributed by atoms with van der Waals surface area (Å²) in [6, 6.07) is -0.0343. The molecule has 13 atom stereocenters. The highest BCUT2D eigenvalue weighted by Crippen LogP contribution is 2.70. The summed E-state index contributed by atoms with van der Waals surface area (Å²) in [4.78, 5) is 0. The third-order valence-corrected chi connectivity index (χ3v) is 12.1. The molecule has 4 N–H and O–H groups in total. The van der Waals surface area contributed by atoms with Gasteiger partial charge in [0.1, 0.15) is 0 Å². The molecule has 32 heavy (non-hydrogen) atoms. The van der Waals surface area contributed by atoms with Crippen molar-refractivity contribution in [2.24, 2.45) is 52.3 Å². The summed E-state index contributed by atoms with van der Waals surface area (Å²) in [5.41, 5.74) is 0.686. The van der Waals surface area contributed by atoms with Crippen LogP contribution in [0.25, 0.3) is 0 Å². The van der Waals surface area contributed by atoms with E-state index in [1.54, 1.807) is 0 Å². The summed E-state index contributed by atoms with van der Waals surface area (Å²) in [7, 11) is 0. The molecule has 0 bridgehead atoms. The van der Waals surface area contributed by atoms with Crippen molar-refractivity contribution in [2.75, 3.05) is 13.2 Å². The van der Waals surface area contributed by atoms with Gasteiger partial charge >= 0.3 is 0 Å². The van der Waals surface area contributed by atoms with Gasteiger partial charge in [0, 0.05) is 19.6 Å². The fourth-order valence-electron chi connectivity index (χ4n) is 10.7. The Morgan fingerprint density at radius 1 is 1.00 bits per heavy atom. The summed E-state index contributed by atoms with van der Waals surface area (Å²) in [6.45, 7) is 8.33. The van der Waals surface area contributed by atoms with Crippen molar-refractivity contribution in [3.8, 4) is 0 Å². The average Bonchev–Trinajstić information content (AvgIpc) is 3.05. The van der Waals surface area contributed by atoms with E-state index < -0.39 is 5.79 Å². The molecular weight excluding hydrogens is 402 g/mol. The predicted octanol–water partition coefficient (Wildman–Crippen LogP) is 3.31. The number of aliphatic hydroxyl groups excluding tert-OH is 2. The molecule has 182 valence electrons. The molecule has 5 heteroatoms. The zero-order valence-electron chi connectivity index (χ0n) is 20.3. The predicted molar refractivity (Wildman–Crippen MR) is 123 cm³/mol. The molecule has 2 aliphatic heterocycles. The van der Waals surface area contributed by atoms with Crippen molar-refractivity contribution in [1.29, 1.82) is 0 Å². The van der Waals surface area contributed by atoms with Gasteiger partial charge in [0.05, 0.1) is 18.2 Å². The van der Waals surface area contributed by atoms with Crippen LogP contribution in [0.2, 0.25) is 0 Å². The normalized spacial score (nSPS) is 61.7. The molecule has 6 rings (SSSR count). The third-order valence-electron chi connectivity index (χ3n) is 12.1. The Morgan fingerprint density at radius 2 is 1.78 bits per heavy atom. The molecule has 0 radical (unpaired) electrons. The van der Waals surface area contributed by atoms with Gasteiger partial charge in [0.15, 0.2) is 5.79 Å². The first-order chi connectivity index (χ1) is 15.2. The van der Waals surface area contributed by atoms with E-state index in [-0.39, 0.29) is 30.8 Å². The van der Waals surface area contributed by atoms with E-state index in [9.17, 15) is 15.3 Å². The Balaban J connectivity index is 1.29. The lowest BCUT2D eigenvalue weighted by Gasteiger charge is -2.62. The molecule has 0 unspecified atom stereocenters. The molecule has 2 saturated heterocycles. The monoisotopic (exact) mass is 447 g/mol. The minimum atomic E-state index is -1.14. The highest BCUT2D eigenvalue weighted by molar-refractivity contribution is 5.15. The standard InChI is InChI=1S/C27H45NO4/c1-15-23-22(32-27(31)12-16(14-29)13-28-24(15)27)11-21-19-5-4-17-10-18(30)6-8-25(17,2)20(19)7-9-26(21,23)3/h15-24,28-31H,4-14H2,1-3H3/t15-,16-,17-,18-,19+,20-,21-,22-,23-,24-,25-,26-,27+/m0/s1. The summed E-state index contributed by atoms with van der Waals surface area (Å²) in [5.74, 6) is 2.72. The molecular formula is C27H45NO4. The van der Waals surface area contributed by atoms with E-state index in [1.807, 2.05) is 0 Å². The van der Waals surface area contributed by atoms with Crippen molar-refractivity contribution >= 4 is 0 Å². The number of hydrogen-bond acceptors (Lipinski definition) is 5. The van der Waals surface area contributed by atoms with Crippen LogP contribution in [0, 0.1) is 52.3 Å². The van der Waals surface area contributed by atoms with Crippen molar-refractivity contribution < 1.29 is 20.1 Å². The van der Waals surface area contributed by atoms with Crippen LogP contribution >= 0.6 is 0 Å². The second-order valence-corrected chi connectivity index (χ2v) is 13.4. The molecule has 0 spiro atoms. The van der Waals surface area contributed by atoms with Gasteiger partial charge in [0.25, 0.3) is 0 Å². The zero-order valence-corrected chi connectivity index (χ0v) is 20.3. The molecule has 0 aromatic heterocycles. The maximum Gasteiger partial charge on any atom is 0.182 e. The molecule has 2 heterocycles. The van der Waals surface area contributed by atoms with Crippen molar-refractivity contribution in [3.63, 3.8) is 0 Å². The highest BCUT2D eigenvalue weighted by Gasteiger charge is 2.67. The third kappa shape index (κ3) is 2.93. The number of nitrogens with one attached hydrogen (secondary N) is 1. The van der Waals surface area contributed by atoms with E-state index in [4.69, 9.17) is 4.74 Å². The Labute approximate surface area is 193 Å². The molecule has 4 aliphatic carbocycles. The van der Waals surface area contributed by atoms with Gasteiger partial charge in [-0.2, -0.15) is 0 Å². The van der Waals surface area contributed by atoms with Gasteiger partial charge in [-0.05, 0) is 104 Å². The Bertz CT molecular complexity index is 747. The number of ether oxygens (including phenoxy) is 1. The van der Waals surface area contributed by atoms with Gasteiger partial charge < -0.3 is 25.4 Å². The molecule has 0 aromatic rings. The minimum Gasteiger partial charge on any atom is -0.396 e. The fraction of sp³-hybridized carbons (Fsp3) is 1.00. The average molecular weight is 448 g/mol. The minimum absolute atomic E-state index is 0.0343. The molecule has 6 aliphatic rings. The number of hydrogen-bond donors (Lipinski definition) is 4. The quantitative estimate of drug-likeness (QED) is 0.496. The maximum absolute atomic E-state index is 11.6. The zero-order chi connectivity index (χ0) is 22.5. The van der Waals surface area contributed by atoms with Gasteiger partial charge in [0.2, 0.25) is 0 Å². The van der Waals surface area contributed by atoms with Crippen molar-refractivity contribution in [2.45, 2.75) is 103 Å². The topological polar surface area (TPSA) is 82.0 Å². The van der Waals surface area contributed by atoms with E-state index in [1.165, 1.54) is 32.1 Å². The smallest absolute Gasteiger partial charge is 0.182 e. The molecule has 6 fully saturated rings. The molecule has 4 saturated carbocycles. The molecule has 0 amide bonds. The Morgan fingerprint density at radius 3 is 2.56 bits per heavy atom. The van der Waals surface area contributed by atoms with Crippen LogP contribution in [0.5, 0.6) is 0 Å². The number of rotatable bonds is 1. The highest BCUT2D eigenvalue weighted by atomic mass is 16.6. The van der Waals surface area contributed by atoms with Crippen molar-refractivity contribution in [1.82, 2.24) is 5.32 Å². The lowest BCUT2D eigenvalue weighted by atomic mass is 9.44. The second kappa shape index (κ2) is 7.40. The number of fused-ring (bicyclic) bond motifs is 8. The lowest BCUT2D eigenvalue weighted by molar-refractivity contribution is -0.312. The van der Waals surface area contributed by atoms with Crippen LogP contribution in [-0.2, 0) is 4.74 Å². The van der Waals surface area contributed by atoms with Crippen LogP contribution in [0.4, 0.5) is 0 Å². The van der Waals surface area contributed by atoms with Crippen LogP contribution in [0.15, 0.2) is 0 Å². The van der Waals surface area contributed by atoms with Crippen molar-refractivity contribution in [3.05, 3.63) is 0 Å². The van der Waals surface area contributed by atoms with Gasteiger partial charge in [-0.3, -0.25) is 0 Å². The summed E-state index contributed by atoms with van der Waals surface area (Å²) >= 11 is 0. The maximum atomic E-state index is 11.6. The largest absolute Gasteiger partial charge is 0.396 e. The first kappa shape index (κ1) is 22.3. The molecule has 5 nitrogen and oxygen atoms in total. The SMILES string of the molecule is C[C@H]1[C@H]2[C@H](C[C@H]3[C@@H]4CC[C@H]5C[C@@H](O)CC[C@]5(C)[C@H]4CC[C@]23C)O[C@]2(O)C[C@H](CO)CN[C@@H]12. The van der Waals surface area contributed by atoms with E-state index in [0.717, 1.165) is 37.6 Å². The van der Waals surface area contributed by atoms with Crippen LogP contribution in [0.1, 0.15) is 78.6 Å². The number of aliphatic hydroxyl groups is 3. The van der Waals surface area contributed by atoms with Crippen LogP contribution in [-0.4, -0.2) is 52.5 Å². The summed E-state index contributed by atoms with van der Waals surface area (Å²) in [5, 5.41) is 35.2. The Kier molecular flexibility index (Phi) is 5.15. The fourth-order valence-corrected chi connectivity index (χ4v) is 10.7. The van der Waals surface area contributed by atoms with Gasteiger partial charge in [-0.1, -0.05) is 20.8 Å². The first-order valence-corrected chi connectivity index (χ1v) is 13.6. The lowest BCUT2D eigenvalue weighted by Crippen LogP contribution is -2.68. The van der Waals surface area contributed by atoms with E-state index in [0.29, 0.717) is 40.9 Å². The number of piperidine rings is 1. The van der Waals surface area contributed by atoms with Gasteiger partial charge in [-0.25, -0.2) is 0 Å². The van der Waals surface area contributed by atoms with Crippen LogP contribution < -0.4 is 5.32 Å². The van der Waals surface area contributed by atoms with E-state index in [2.05, 4.69) is 26.1 Å². The second-order valence-electron chi connectivity index (χ2n) is 13.4. The summed E-state index contributed by atoms with van der Waals surface area (Å²) in [6.07, 6.45) is 10.1. The summed E-state index contributed by atoms with van der Waals surface area (Å²) < 4.78 is 6.64. The Hall–Kier alpha value is -0.200. The van der Waals surface area contributed by atoms with Crippen LogP contribution in [0.3, 0.4) is 0 Å². The van der Waals surface area contributed by atoms with Gasteiger partial charge in [-0.15, -0.1) is 0 Å². The van der Waals surface area contributed by atoms with E-state index >= 15 is 0 Å². The molecule has 0 aromatic carbocycles. The first-order valence-electron chi connectivity index (χ1n) is 13.6.